The number of benzene rings is 2. The lowest BCUT2D eigenvalue weighted by Crippen LogP contribution is -2.49. The average Bonchev–Trinajstić information content (AvgIpc) is 2.93. The van der Waals surface area contributed by atoms with Gasteiger partial charge in [0.1, 0.15) is 5.60 Å². The Kier molecular flexibility index (Phi) is 9.67. The van der Waals surface area contributed by atoms with Crippen molar-refractivity contribution in [1.29, 1.82) is 0 Å². The third kappa shape index (κ3) is 8.62. The standard InChI is InChI=1S/C30H38FN5O5S/c1-30(2,3)41-29(38)35-16-12-24(13-17-35)36(42(4,39)40)20-22-6-5-7-23(18-22)26-11-15-33-28(34-26)32-14-10-21-8-9-27(37)25(31)19-21/h5-9,11,15,18-19,24,37H,10,12-14,16-17,20H2,1-4H3,(H,32,33,34). The first-order chi connectivity index (χ1) is 19.8. The van der Waals surface area contributed by atoms with Gasteiger partial charge in [-0.3, -0.25) is 0 Å². The number of phenols is 1. The zero-order valence-electron chi connectivity index (χ0n) is 24.4. The van der Waals surface area contributed by atoms with E-state index < -0.39 is 21.4 Å². The third-order valence-corrected chi connectivity index (χ3v) is 8.15. The minimum absolute atomic E-state index is 0.198. The van der Waals surface area contributed by atoms with Crippen molar-refractivity contribution in [3.05, 3.63) is 71.7 Å². The van der Waals surface area contributed by atoms with Crippen LogP contribution in [0, 0.1) is 5.82 Å². The molecule has 2 N–H and O–H groups in total. The summed E-state index contributed by atoms with van der Waals surface area (Å²) in [5, 5.41) is 12.5. The van der Waals surface area contributed by atoms with Gasteiger partial charge in [-0.15, -0.1) is 0 Å². The van der Waals surface area contributed by atoms with Crippen LogP contribution in [-0.4, -0.2) is 76.3 Å². The normalized spacial score (nSPS) is 14.7. The predicted molar refractivity (Wildman–Crippen MR) is 159 cm³/mol. The molecule has 0 aliphatic carbocycles. The number of aromatic hydroxyl groups is 1. The van der Waals surface area contributed by atoms with Crippen molar-refractivity contribution in [2.75, 3.05) is 31.2 Å². The molecule has 0 unspecified atom stereocenters. The molecule has 2 aromatic carbocycles. The summed E-state index contributed by atoms with van der Waals surface area (Å²) >= 11 is 0. The molecule has 1 aliphatic rings. The van der Waals surface area contributed by atoms with E-state index in [4.69, 9.17) is 4.74 Å². The highest BCUT2D eigenvalue weighted by Gasteiger charge is 2.33. The highest BCUT2D eigenvalue weighted by atomic mass is 32.2. The molecule has 3 aromatic rings. The molecule has 0 spiro atoms. The van der Waals surface area contributed by atoms with Gasteiger partial charge in [0.25, 0.3) is 0 Å². The number of nitrogens with zero attached hydrogens (tertiary/aromatic N) is 4. The summed E-state index contributed by atoms with van der Waals surface area (Å²) in [6, 6.07) is 13.4. The van der Waals surface area contributed by atoms with Gasteiger partial charge in [0.15, 0.2) is 11.6 Å². The van der Waals surface area contributed by atoms with Gasteiger partial charge in [-0.05, 0) is 75.4 Å². The lowest BCUT2D eigenvalue weighted by molar-refractivity contribution is 0.0176. The maximum Gasteiger partial charge on any atom is 0.410 e. The number of carbonyl (C=O) groups is 1. The molecule has 0 saturated carbocycles. The number of anilines is 1. The summed E-state index contributed by atoms with van der Waals surface area (Å²) in [6.07, 6.45) is 4.02. The zero-order chi connectivity index (χ0) is 30.5. The highest BCUT2D eigenvalue weighted by Crippen LogP contribution is 2.25. The van der Waals surface area contributed by atoms with Crippen LogP contribution in [0.2, 0.25) is 0 Å². The van der Waals surface area contributed by atoms with Crippen molar-refractivity contribution in [2.24, 2.45) is 0 Å². The first-order valence-electron chi connectivity index (χ1n) is 13.9. The number of hydrogen-bond acceptors (Lipinski definition) is 8. The molecule has 0 radical (unpaired) electrons. The van der Waals surface area contributed by atoms with Crippen LogP contribution in [0.15, 0.2) is 54.7 Å². The molecule has 1 fully saturated rings. The molecule has 42 heavy (non-hydrogen) atoms. The Bertz CT molecular complexity index is 1500. The van der Waals surface area contributed by atoms with Crippen LogP contribution in [0.5, 0.6) is 5.75 Å². The van der Waals surface area contributed by atoms with Gasteiger partial charge < -0.3 is 20.1 Å². The summed E-state index contributed by atoms with van der Waals surface area (Å²) in [5.41, 5.74) is 2.43. The van der Waals surface area contributed by atoms with Gasteiger partial charge >= 0.3 is 6.09 Å². The second kappa shape index (κ2) is 13.0. The van der Waals surface area contributed by atoms with Crippen LogP contribution >= 0.6 is 0 Å². The zero-order valence-corrected chi connectivity index (χ0v) is 25.2. The van der Waals surface area contributed by atoms with Gasteiger partial charge in [0, 0.05) is 44.0 Å². The molecule has 1 saturated heterocycles. The smallest absolute Gasteiger partial charge is 0.410 e. The van der Waals surface area contributed by atoms with Crippen LogP contribution in [0.25, 0.3) is 11.3 Å². The Labute approximate surface area is 246 Å². The number of phenolic OH excluding ortho intramolecular Hbond substituents is 1. The Morgan fingerprint density at radius 2 is 1.88 bits per heavy atom. The van der Waals surface area contributed by atoms with Crippen molar-refractivity contribution in [1.82, 2.24) is 19.2 Å². The minimum atomic E-state index is -3.53. The van der Waals surface area contributed by atoms with Gasteiger partial charge in [-0.2, -0.15) is 4.31 Å². The van der Waals surface area contributed by atoms with Gasteiger partial charge in [-0.1, -0.05) is 24.3 Å². The van der Waals surface area contributed by atoms with Crippen LogP contribution in [0.3, 0.4) is 0 Å². The van der Waals surface area contributed by atoms with E-state index in [1.165, 1.54) is 22.7 Å². The first kappa shape index (κ1) is 31.2. The SMILES string of the molecule is CC(C)(C)OC(=O)N1CCC(N(Cc2cccc(-c3ccnc(NCCc4ccc(O)c(F)c4)n3)c2)S(C)(=O)=O)CC1. The van der Waals surface area contributed by atoms with E-state index in [0.717, 1.165) is 16.7 Å². The number of rotatable bonds is 9. The number of hydrogen-bond donors (Lipinski definition) is 2. The fourth-order valence-electron chi connectivity index (χ4n) is 4.82. The fourth-order valence-corrected chi connectivity index (χ4v) is 5.95. The first-order valence-corrected chi connectivity index (χ1v) is 15.7. The van der Waals surface area contributed by atoms with Crippen LogP contribution in [0.4, 0.5) is 15.1 Å². The average molecular weight is 600 g/mol. The maximum atomic E-state index is 13.6. The lowest BCUT2D eigenvalue weighted by atomic mass is 10.0. The third-order valence-electron chi connectivity index (χ3n) is 6.88. The number of halogens is 1. The number of ether oxygens (including phenoxy) is 1. The van der Waals surface area contributed by atoms with Crippen molar-refractivity contribution >= 4 is 22.1 Å². The van der Waals surface area contributed by atoms with E-state index in [1.807, 2.05) is 45.0 Å². The molecule has 1 aromatic heterocycles. The number of piperidine rings is 1. The van der Waals surface area contributed by atoms with E-state index in [1.54, 1.807) is 23.2 Å². The molecule has 2 heterocycles. The molecule has 0 bridgehead atoms. The Hall–Kier alpha value is -3.77. The second-order valence-electron chi connectivity index (χ2n) is 11.4. The van der Waals surface area contributed by atoms with Crippen molar-refractivity contribution in [3.63, 3.8) is 0 Å². The molecule has 12 heteroatoms. The molecule has 1 aliphatic heterocycles. The lowest BCUT2D eigenvalue weighted by Gasteiger charge is -2.37. The highest BCUT2D eigenvalue weighted by molar-refractivity contribution is 7.88. The predicted octanol–water partition coefficient (Wildman–Crippen LogP) is 4.80. The fraction of sp³-hybridized carbons (Fsp3) is 0.433. The topological polar surface area (TPSA) is 125 Å². The number of sulfonamides is 1. The Balaban J connectivity index is 1.40. The summed E-state index contributed by atoms with van der Waals surface area (Å²) in [7, 11) is -3.53. The van der Waals surface area contributed by atoms with Crippen molar-refractivity contribution < 1.29 is 27.4 Å². The number of aromatic nitrogens is 2. The number of likely N-dealkylation sites (tertiary alicyclic amines) is 1. The molecular weight excluding hydrogens is 561 g/mol. The molecule has 226 valence electrons. The minimum Gasteiger partial charge on any atom is -0.505 e. The molecule has 0 atom stereocenters. The number of nitrogens with one attached hydrogen (secondary N) is 1. The summed E-state index contributed by atoms with van der Waals surface area (Å²) in [5.74, 6) is -0.633. The number of carbonyl (C=O) groups excluding carboxylic acids is 1. The summed E-state index contributed by atoms with van der Waals surface area (Å²) in [6.45, 7) is 6.96. The van der Waals surface area contributed by atoms with Gasteiger partial charge in [-0.25, -0.2) is 27.6 Å². The van der Waals surface area contributed by atoms with E-state index in [2.05, 4.69) is 15.3 Å². The molecular formula is C30H38FN5O5S. The van der Waals surface area contributed by atoms with Crippen LogP contribution < -0.4 is 5.32 Å². The van der Waals surface area contributed by atoms with Gasteiger partial charge in [0.05, 0.1) is 11.9 Å². The van der Waals surface area contributed by atoms with Crippen LogP contribution in [0.1, 0.15) is 44.7 Å². The molecule has 4 rings (SSSR count). The largest absolute Gasteiger partial charge is 0.505 e. The van der Waals surface area contributed by atoms with Crippen molar-refractivity contribution in [3.8, 4) is 17.0 Å². The maximum absolute atomic E-state index is 13.6. The van der Waals surface area contributed by atoms with Crippen LogP contribution in [-0.2, 0) is 27.7 Å². The van der Waals surface area contributed by atoms with E-state index in [-0.39, 0.29) is 24.4 Å². The van der Waals surface area contributed by atoms with Crippen molar-refractivity contribution in [2.45, 2.75) is 58.2 Å². The Morgan fingerprint density at radius 1 is 1.14 bits per heavy atom. The molecule has 10 nitrogen and oxygen atoms in total. The monoisotopic (exact) mass is 599 g/mol. The number of amides is 1. The Morgan fingerprint density at radius 3 is 2.55 bits per heavy atom. The molecule has 1 amide bonds. The van der Waals surface area contributed by atoms with E-state index >= 15 is 0 Å². The quantitative estimate of drug-likeness (QED) is 0.359. The van der Waals surface area contributed by atoms with E-state index in [9.17, 15) is 22.7 Å². The second-order valence-corrected chi connectivity index (χ2v) is 13.4. The summed E-state index contributed by atoms with van der Waals surface area (Å²) in [4.78, 5) is 23.0. The van der Waals surface area contributed by atoms with Gasteiger partial charge in [0.2, 0.25) is 16.0 Å². The summed E-state index contributed by atoms with van der Waals surface area (Å²) < 4.78 is 46.2. The van der Waals surface area contributed by atoms with E-state index in [0.29, 0.717) is 50.5 Å².